The number of carboxylic acid groups (broad SMARTS) is 2. The summed E-state index contributed by atoms with van der Waals surface area (Å²) < 4.78 is 10.1. The van der Waals surface area contributed by atoms with Crippen molar-refractivity contribution in [1.82, 2.24) is 0 Å². The van der Waals surface area contributed by atoms with Gasteiger partial charge in [0.1, 0.15) is 0 Å². The Balaban J connectivity index is 2.85. The molecular weight excluding hydrogens is 228 g/mol. The average Bonchev–Trinajstić information content (AvgIpc) is 2.28. The van der Waals surface area contributed by atoms with E-state index in [-0.39, 0.29) is 5.75 Å². The first-order valence-corrected chi connectivity index (χ1v) is 4.79. The Morgan fingerprint density at radius 1 is 1.24 bits per heavy atom. The number of rotatable bonds is 6. The summed E-state index contributed by atoms with van der Waals surface area (Å²) in [6.07, 6.45) is -2.06. The summed E-state index contributed by atoms with van der Waals surface area (Å²) in [5, 5.41) is 17.4. The lowest BCUT2D eigenvalue weighted by Gasteiger charge is -2.15. The van der Waals surface area contributed by atoms with Gasteiger partial charge in [-0.25, -0.2) is 4.79 Å². The fourth-order valence-electron chi connectivity index (χ4n) is 1.21. The molecule has 1 unspecified atom stereocenters. The van der Waals surface area contributed by atoms with Crippen molar-refractivity contribution in [3.8, 4) is 11.5 Å². The van der Waals surface area contributed by atoms with Crippen LogP contribution in [0.5, 0.6) is 11.5 Å². The zero-order valence-electron chi connectivity index (χ0n) is 9.12. The Hall–Kier alpha value is -2.24. The second-order valence-electron chi connectivity index (χ2n) is 3.19. The van der Waals surface area contributed by atoms with E-state index in [9.17, 15) is 9.59 Å². The van der Waals surface area contributed by atoms with Crippen molar-refractivity contribution >= 4 is 11.9 Å². The van der Waals surface area contributed by atoms with E-state index in [1.54, 1.807) is 18.2 Å². The van der Waals surface area contributed by atoms with Crippen molar-refractivity contribution < 1.29 is 29.3 Å². The maximum absolute atomic E-state index is 10.8. The molecule has 0 fully saturated rings. The standard InChI is InChI=1S/C11H12O6/c1-16-7-4-2-3-5-8(7)17-9(11(14)15)6-10(12)13/h2-5,9H,6H2,1H3,(H,12,13)(H,14,15). The second kappa shape index (κ2) is 5.74. The second-order valence-corrected chi connectivity index (χ2v) is 3.19. The number of methoxy groups -OCH3 is 1. The number of ether oxygens (including phenoxy) is 2. The normalized spacial score (nSPS) is 11.6. The lowest BCUT2D eigenvalue weighted by molar-refractivity contribution is -0.151. The van der Waals surface area contributed by atoms with Crippen molar-refractivity contribution in [3.63, 3.8) is 0 Å². The molecule has 0 saturated heterocycles. The van der Waals surface area contributed by atoms with Crippen molar-refractivity contribution in [2.45, 2.75) is 12.5 Å². The molecule has 0 aliphatic carbocycles. The molecule has 0 aliphatic rings. The molecule has 6 heteroatoms. The van der Waals surface area contributed by atoms with Crippen LogP contribution in [0.4, 0.5) is 0 Å². The van der Waals surface area contributed by atoms with Gasteiger partial charge >= 0.3 is 11.9 Å². The zero-order valence-corrected chi connectivity index (χ0v) is 9.12. The number of benzene rings is 1. The molecule has 1 rings (SSSR count). The molecule has 0 aromatic heterocycles. The molecule has 0 saturated carbocycles. The van der Waals surface area contributed by atoms with Crippen LogP contribution in [0, 0.1) is 0 Å². The third-order valence-corrected chi connectivity index (χ3v) is 1.97. The molecule has 1 aromatic rings. The van der Waals surface area contributed by atoms with Crippen molar-refractivity contribution in [1.29, 1.82) is 0 Å². The fraction of sp³-hybridized carbons (Fsp3) is 0.273. The smallest absolute Gasteiger partial charge is 0.345 e. The zero-order chi connectivity index (χ0) is 12.8. The lowest BCUT2D eigenvalue weighted by Crippen LogP contribution is -2.29. The van der Waals surface area contributed by atoms with Crippen molar-refractivity contribution in [3.05, 3.63) is 24.3 Å². The van der Waals surface area contributed by atoms with E-state index < -0.39 is 24.5 Å². The van der Waals surface area contributed by atoms with Gasteiger partial charge in [0.2, 0.25) is 6.10 Å². The predicted molar refractivity (Wildman–Crippen MR) is 57.3 cm³/mol. The highest BCUT2D eigenvalue weighted by atomic mass is 16.5. The summed E-state index contributed by atoms with van der Waals surface area (Å²) >= 11 is 0. The van der Waals surface area contributed by atoms with Crippen LogP contribution in [0.15, 0.2) is 24.3 Å². The van der Waals surface area contributed by atoms with Crippen LogP contribution >= 0.6 is 0 Å². The third kappa shape index (κ3) is 3.67. The topological polar surface area (TPSA) is 93.1 Å². The number of carboxylic acids is 2. The van der Waals surface area contributed by atoms with Gasteiger partial charge < -0.3 is 19.7 Å². The van der Waals surface area contributed by atoms with Crippen LogP contribution in [0.1, 0.15) is 6.42 Å². The van der Waals surface area contributed by atoms with Gasteiger partial charge in [-0.2, -0.15) is 0 Å². The highest BCUT2D eigenvalue weighted by Gasteiger charge is 2.24. The maximum atomic E-state index is 10.8. The Bertz CT molecular complexity index is 414. The predicted octanol–water partition coefficient (Wildman–Crippen LogP) is 1.00. The number of carbonyl (C=O) groups is 2. The highest BCUT2D eigenvalue weighted by Crippen LogP contribution is 2.27. The Morgan fingerprint density at radius 3 is 2.29 bits per heavy atom. The Morgan fingerprint density at radius 2 is 1.82 bits per heavy atom. The van der Waals surface area contributed by atoms with Gasteiger partial charge in [-0.1, -0.05) is 12.1 Å². The van der Waals surface area contributed by atoms with Gasteiger partial charge in [0.05, 0.1) is 13.5 Å². The summed E-state index contributed by atoms with van der Waals surface area (Å²) in [6.45, 7) is 0. The van der Waals surface area contributed by atoms with Crippen molar-refractivity contribution in [2.24, 2.45) is 0 Å². The summed E-state index contributed by atoms with van der Waals surface area (Å²) in [5.41, 5.74) is 0. The molecule has 1 aromatic carbocycles. The molecule has 0 spiro atoms. The maximum Gasteiger partial charge on any atom is 0.345 e. The van der Waals surface area contributed by atoms with Gasteiger partial charge in [0.25, 0.3) is 0 Å². The molecule has 6 nitrogen and oxygen atoms in total. The minimum atomic E-state index is -1.44. The highest BCUT2D eigenvalue weighted by molar-refractivity contribution is 5.80. The quantitative estimate of drug-likeness (QED) is 0.770. The van der Waals surface area contributed by atoms with Gasteiger partial charge in [0, 0.05) is 0 Å². The largest absolute Gasteiger partial charge is 0.493 e. The molecule has 0 heterocycles. The molecule has 1 atom stereocenters. The first-order valence-electron chi connectivity index (χ1n) is 4.79. The molecule has 0 amide bonds. The molecule has 0 bridgehead atoms. The first-order chi connectivity index (χ1) is 8.04. The van der Waals surface area contributed by atoms with E-state index in [4.69, 9.17) is 19.7 Å². The number of hydrogen-bond donors (Lipinski definition) is 2. The minimum Gasteiger partial charge on any atom is -0.493 e. The van der Waals surface area contributed by atoms with E-state index in [2.05, 4.69) is 0 Å². The van der Waals surface area contributed by atoms with E-state index in [1.807, 2.05) is 0 Å². The number of hydrogen-bond acceptors (Lipinski definition) is 4. The molecule has 92 valence electrons. The van der Waals surface area contributed by atoms with E-state index in [1.165, 1.54) is 13.2 Å². The summed E-state index contributed by atoms with van der Waals surface area (Å²) in [5.74, 6) is -2.03. The van der Waals surface area contributed by atoms with Crippen LogP contribution in [-0.2, 0) is 9.59 Å². The average molecular weight is 240 g/mol. The van der Waals surface area contributed by atoms with Crippen LogP contribution in [0.3, 0.4) is 0 Å². The first kappa shape index (κ1) is 12.8. The van der Waals surface area contributed by atoms with Gasteiger partial charge in [-0.3, -0.25) is 4.79 Å². The lowest BCUT2D eigenvalue weighted by atomic mass is 10.2. The van der Waals surface area contributed by atoms with Gasteiger partial charge in [-0.05, 0) is 12.1 Å². The molecule has 0 radical (unpaired) electrons. The van der Waals surface area contributed by atoms with Crippen LogP contribution in [0.25, 0.3) is 0 Å². The summed E-state index contributed by atoms with van der Waals surface area (Å²) in [6, 6.07) is 6.43. The molecule has 0 aliphatic heterocycles. The summed E-state index contributed by atoms with van der Waals surface area (Å²) in [7, 11) is 1.41. The van der Waals surface area contributed by atoms with Crippen LogP contribution < -0.4 is 9.47 Å². The van der Waals surface area contributed by atoms with Crippen LogP contribution in [0.2, 0.25) is 0 Å². The van der Waals surface area contributed by atoms with E-state index in [0.29, 0.717) is 5.75 Å². The number of para-hydroxylation sites is 2. The monoisotopic (exact) mass is 240 g/mol. The minimum absolute atomic E-state index is 0.198. The molecular formula is C11H12O6. The van der Waals surface area contributed by atoms with E-state index >= 15 is 0 Å². The van der Waals surface area contributed by atoms with Gasteiger partial charge in [0.15, 0.2) is 11.5 Å². The Kier molecular flexibility index (Phi) is 4.33. The van der Waals surface area contributed by atoms with E-state index in [0.717, 1.165) is 0 Å². The SMILES string of the molecule is COc1ccccc1OC(CC(=O)O)C(=O)O. The molecule has 2 N–H and O–H groups in total. The summed E-state index contributed by atoms with van der Waals surface area (Å²) in [4.78, 5) is 21.3. The Labute approximate surface area is 97.4 Å². The fourth-order valence-corrected chi connectivity index (χ4v) is 1.21. The number of aliphatic carboxylic acids is 2. The van der Waals surface area contributed by atoms with Crippen LogP contribution in [-0.4, -0.2) is 35.4 Å². The van der Waals surface area contributed by atoms with Gasteiger partial charge in [-0.15, -0.1) is 0 Å². The third-order valence-electron chi connectivity index (χ3n) is 1.97. The van der Waals surface area contributed by atoms with Crippen molar-refractivity contribution in [2.75, 3.05) is 7.11 Å². The molecule has 17 heavy (non-hydrogen) atoms.